The van der Waals surface area contributed by atoms with Crippen molar-refractivity contribution in [3.05, 3.63) is 60.3 Å². The minimum Gasteiger partial charge on any atom is -0.465 e. The highest BCUT2D eigenvalue weighted by Crippen LogP contribution is 2.29. The van der Waals surface area contributed by atoms with Crippen LogP contribution in [-0.4, -0.2) is 55.5 Å². The van der Waals surface area contributed by atoms with Crippen molar-refractivity contribution in [1.29, 1.82) is 0 Å². The molecule has 0 radical (unpaired) electrons. The second-order valence-corrected chi connectivity index (χ2v) is 11.3. The average Bonchev–Trinajstić information content (AvgIpc) is 3.30. The number of ether oxygens (including phenoxy) is 4. The van der Waals surface area contributed by atoms with Crippen LogP contribution in [-0.2, 0) is 19.3 Å². The maximum atomic E-state index is 13.1. The Morgan fingerprint density at radius 3 is 2.26 bits per heavy atom. The van der Waals surface area contributed by atoms with Crippen molar-refractivity contribution in [2.75, 3.05) is 18.7 Å². The van der Waals surface area contributed by atoms with Gasteiger partial charge in [-0.2, -0.15) is 4.68 Å². The van der Waals surface area contributed by atoms with Crippen molar-refractivity contribution in [3.63, 3.8) is 0 Å². The number of amides is 1. The summed E-state index contributed by atoms with van der Waals surface area (Å²) in [4.78, 5) is 25.4. The number of benzene rings is 2. The molecule has 38 heavy (non-hydrogen) atoms. The number of methoxy groups -OCH3 is 1. The minimum atomic E-state index is -3.36. The molecule has 0 spiro atoms. The fraction of sp³-hybridized carbons (Fsp3) is 0.346. The van der Waals surface area contributed by atoms with Crippen LogP contribution in [0.2, 0.25) is 0 Å². The highest BCUT2D eigenvalue weighted by atomic mass is 32.2. The van der Waals surface area contributed by atoms with E-state index in [0.29, 0.717) is 17.9 Å². The summed E-state index contributed by atoms with van der Waals surface area (Å²) in [6, 6.07) is 11.9. The molecule has 0 aliphatic heterocycles. The number of carbonyl (C=O) groups excluding carboxylic acids is 2. The fourth-order valence-corrected chi connectivity index (χ4v) is 3.79. The van der Waals surface area contributed by atoms with Crippen molar-refractivity contribution < 1.29 is 37.0 Å². The molecular weight excluding hydrogens is 514 g/mol. The Balaban J connectivity index is 1.85. The quantitative estimate of drug-likeness (QED) is 0.373. The number of hydrogen-bond acceptors (Lipinski definition) is 9. The lowest BCUT2D eigenvalue weighted by atomic mass is 10.2. The largest absolute Gasteiger partial charge is 0.465 e. The molecule has 1 heterocycles. The van der Waals surface area contributed by atoms with Crippen molar-refractivity contribution in [3.8, 4) is 17.2 Å². The normalized spacial score (nSPS) is 12.5. The van der Waals surface area contributed by atoms with Crippen LogP contribution in [0.25, 0.3) is 0 Å². The number of carbonyl (C=O) groups is 2. The third kappa shape index (κ3) is 8.05. The number of sulfone groups is 1. The minimum absolute atomic E-state index is 0.134. The molecule has 3 aromatic rings. The lowest BCUT2D eigenvalue weighted by Crippen LogP contribution is -2.27. The van der Waals surface area contributed by atoms with Crippen LogP contribution in [0.4, 0.5) is 10.6 Å². The standard InChI is InChI=1S/C26H31N3O8S/c1-7-23(34-5)36-20-15-17(14-19(16-20)35-18-8-10-21(11-9-18)38(6,32)33)24(30)27-22-12-13-29(28-22)25(31)37-26(2,3)4/h8-16,23H,7H2,1-6H3,(H,27,28,30). The topological polar surface area (TPSA) is 135 Å². The molecule has 0 saturated heterocycles. The lowest BCUT2D eigenvalue weighted by Gasteiger charge is -2.18. The lowest BCUT2D eigenvalue weighted by molar-refractivity contribution is -0.0549. The van der Waals surface area contributed by atoms with Gasteiger partial charge >= 0.3 is 6.09 Å². The molecule has 1 amide bonds. The van der Waals surface area contributed by atoms with Gasteiger partial charge < -0.3 is 24.3 Å². The predicted octanol–water partition coefficient (Wildman–Crippen LogP) is 4.88. The van der Waals surface area contributed by atoms with Crippen LogP contribution >= 0.6 is 0 Å². The van der Waals surface area contributed by atoms with Crippen molar-refractivity contribution >= 4 is 27.7 Å². The highest BCUT2D eigenvalue weighted by Gasteiger charge is 2.20. The van der Waals surface area contributed by atoms with Crippen LogP contribution in [0.15, 0.2) is 59.6 Å². The van der Waals surface area contributed by atoms with Crippen molar-refractivity contribution in [2.24, 2.45) is 0 Å². The van der Waals surface area contributed by atoms with Gasteiger partial charge in [0.1, 0.15) is 22.8 Å². The fourth-order valence-electron chi connectivity index (χ4n) is 3.16. The smallest absolute Gasteiger partial charge is 0.435 e. The summed E-state index contributed by atoms with van der Waals surface area (Å²) in [5, 5.41) is 6.69. The van der Waals surface area contributed by atoms with E-state index < -0.39 is 33.7 Å². The summed E-state index contributed by atoms with van der Waals surface area (Å²) < 4.78 is 46.7. The number of hydrogen-bond donors (Lipinski definition) is 1. The summed E-state index contributed by atoms with van der Waals surface area (Å²) in [6.45, 7) is 7.09. The summed E-state index contributed by atoms with van der Waals surface area (Å²) in [6.07, 6.45) is 1.81. The van der Waals surface area contributed by atoms with Gasteiger partial charge in [-0.25, -0.2) is 13.2 Å². The number of aromatic nitrogens is 2. The Morgan fingerprint density at radius 2 is 1.68 bits per heavy atom. The highest BCUT2D eigenvalue weighted by molar-refractivity contribution is 7.90. The molecule has 0 aliphatic rings. The molecule has 12 heteroatoms. The number of anilines is 1. The summed E-state index contributed by atoms with van der Waals surface area (Å²) >= 11 is 0. The number of nitrogens with one attached hydrogen (secondary N) is 1. The van der Waals surface area contributed by atoms with Gasteiger partial charge in [0.05, 0.1) is 4.90 Å². The van der Waals surface area contributed by atoms with Gasteiger partial charge in [-0.05, 0) is 57.2 Å². The van der Waals surface area contributed by atoms with E-state index in [4.69, 9.17) is 18.9 Å². The van der Waals surface area contributed by atoms with Gasteiger partial charge in [0, 0.05) is 43.7 Å². The molecule has 1 aromatic heterocycles. The van der Waals surface area contributed by atoms with E-state index in [1.54, 1.807) is 26.8 Å². The Kier molecular flexibility index (Phi) is 8.79. The van der Waals surface area contributed by atoms with Crippen LogP contribution in [0.5, 0.6) is 17.2 Å². The third-order valence-electron chi connectivity index (χ3n) is 4.90. The maximum absolute atomic E-state index is 13.1. The van der Waals surface area contributed by atoms with Crippen LogP contribution < -0.4 is 14.8 Å². The van der Waals surface area contributed by atoms with E-state index in [9.17, 15) is 18.0 Å². The SMILES string of the molecule is CCC(OC)Oc1cc(Oc2ccc(S(C)(=O)=O)cc2)cc(C(=O)Nc2ccn(C(=O)OC(C)(C)C)n2)c1. The van der Waals surface area contributed by atoms with Gasteiger partial charge in [-0.3, -0.25) is 4.79 Å². The zero-order chi connectivity index (χ0) is 28.1. The monoisotopic (exact) mass is 545 g/mol. The van der Waals surface area contributed by atoms with Crippen molar-refractivity contribution in [2.45, 2.75) is 50.9 Å². The van der Waals surface area contributed by atoms with Gasteiger partial charge in [0.2, 0.25) is 0 Å². The Hall–Kier alpha value is -3.90. The molecule has 204 valence electrons. The first-order chi connectivity index (χ1) is 17.8. The molecule has 11 nitrogen and oxygen atoms in total. The summed E-state index contributed by atoms with van der Waals surface area (Å²) in [5.74, 6) is 0.538. The zero-order valence-corrected chi connectivity index (χ0v) is 22.9. The molecule has 0 aliphatic carbocycles. The molecule has 1 atom stereocenters. The van der Waals surface area contributed by atoms with Gasteiger partial charge in [-0.1, -0.05) is 6.92 Å². The Morgan fingerprint density at radius 1 is 1.03 bits per heavy atom. The zero-order valence-electron chi connectivity index (χ0n) is 22.0. The summed E-state index contributed by atoms with van der Waals surface area (Å²) in [7, 11) is -1.85. The average molecular weight is 546 g/mol. The van der Waals surface area contributed by atoms with Gasteiger partial charge in [0.25, 0.3) is 5.91 Å². The van der Waals surface area contributed by atoms with Gasteiger partial charge in [0.15, 0.2) is 21.9 Å². The van der Waals surface area contributed by atoms with Crippen LogP contribution in [0.3, 0.4) is 0 Å². The van der Waals surface area contributed by atoms with E-state index in [1.165, 1.54) is 55.8 Å². The molecule has 2 aromatic carbocycles. The van der Waals surface area contributed by atoms with E-state index in [-0.39, 0.29) is 22.0 Å². The maximum Gasteiger partial charge on any atom is 0.435 e. The molecule has 1 N–H and O–H groups in total. The van der Waals surface area contributed by atoms with E-state index in [0.717, 1.165) is 10.9 Å². The molecule has 0 fully saturated rings. The Bertz CT molecular complexity index is 1390. The number of rotatable bonds is 9. The second-order valence-electron chi connectivity index (χ2n) is 9.31. The van der Waals surface area contributed by atoms with E-state index >= 15 is 0 Å². The first-order valence-electron chi connectivity index (χ1n) is 11.7. The van der Waals surface area contributed by atoms with Gasteiger partial charge in [-0.15, -0.1) is 5.10 Å². The summed E-state index contributed by atoms with van der Waals surface area (Å²) in [5.41, 5.74) is -0.518. The molecule has 3 rings (SSSR count). The molecular formula is C26H31N3O8S. The van der Waals surface area contributed by atoms with E-state index in [1.807, 2.05) is 6.92 Å². The molecule has 0 saturated carbocycles. The Labute approximate surface area is 221 Å². The third-order valence-corrected chi connectivity index (χ3v) is 6.03. The predicted molar refractivity (Wildman–Crippen MR) is 140 cm³/mol. The molecule has 1 unspecified atom stereocenters. The number of nitrogens with zero attached hydrogens (tertiary/aromatic N) is 2. The second kappa shape index (κ2) is 11.7. The molecule has 0 bridgehead atoms. The van der Waals surface area contributed by atoms with Crippen LogP contribution in [0, 0.1) is 0 Å². The first-order valence-corrected chi connectivity index (χ1v) is 13.6. The van der Waals surface area contributed by atoms with E-state index in [2.05, 4.69) is 10.4 Å². The first kappa shape index (κ1) is 28.7. The van der Waals surface area contributed by atoms with Crippen molar-refractivity contribution in [1.82, 2.24) is 9.78 Å². The van der Waals surface area contributed by atoms with Crippen LogP contribution in [0.1, 0.15) is 44.5 Å².